The highest BCUT2D eigenvalue weighted by atomic mass is 15.3. The number of aromatic nitrogens is 3. The molecular weight excluding hydrogens is 152 g/mol. The number of rotatable bonds is 4. The van der Waals surface area contributed by atoms with E-state index in [4.69, 9.17) is 0 Å². The third-order valence-corrected chi connectivity index (χ3v) is 1.74. The molecule has 1 aromatic rings. The standard InChI is InChI=1S/C8H16N4/c1-4-9-5-8-11-10-6-12(8)7(2)3/h6-7,9H,4-5H2,1-3H3. The topological polar surface area (TPSA) is 42.7 Å². The van der Waals surface area contributed by atoms with E-state index in [0.717, 1.165) is 18.9 Å². The summed E-state index contributed by atoms with van der Waals surface area (Å²) in [6.45, 7) is 8.09. The Morgan fingerprint density at radius 1 is 1.58 bits per heavy atom. The lowest BCUT2D eigenvalue weighted by molar-refractivity contribution is 0.547. The SMILES string of the molecule is CCNCc1nncn1C(C)C. The van der Waals surface area contributed by atoms with Crippen molar-refractivity contribution in [3.63, 3.8) is 0 Å². The van der Waals surface area contributed by atoms with Crippen LogP contribution in [-0.4, -0.2) is 21.3 Å². The van der Waals surface area contributed by atoms with Crippen LogP contribution in [0.4, 0.5) is 0 Å². The summed E-state index contributed by atoms with van der Waals surface area (Å²) in [6.07, 6.45) is 1.78. The molecule has 1 N–H and O–H groups in total. The van der Waals surface area contributed by atoms with Gasteiger partial charge in [-0.2, -0.15) is 0 Å². The van der Waals surface area contributed by atoms with Gasteiger partial charge in [-0.1, -0.05) is 6.92 Å². The molecule has 0 aliphatic heterocycles. The molecule has 0 saturated heterocycles. The molecule has 0 saturated carbocycles. The summed E-state index contributed by atoms with van der Waals surface area (Å²) in [4.78, 5) is 0. The molecule has 0 aliphatic carbocycles. The fourth-order valence-corrected chi connectivity index (χ4v) is 1.06. The zero-order chi connectivity index (χ0) is 8.97. The maximum absolute atomic E-state index is 4.03. The molecule has 0 atom stereocenters. The Morgan fingerprint density at radius 2 is 2.33 bits per heavy atom. The third-order valence-electron chi connectivity index (χ3n) is 1.74. The highest BCUT2D eigenvalue weighted by molar-refractivity contribution is 4.86. The smallest absolute Gasteiger partial charge is 0.147 e. The largest absolute Gasteiger partial charge is 0.314 e. The molecule has 0 unspecified atom stereocenters. The lowest BCUT2D eigenvalue weighted by Crippen LogP contribution is -2.17. The van der Waals surface area contributed by atoms with Gasteiger partial charge in [0, 0.05) is 6.04 Å². The van der Waals surface area contributed by atoms with E-state index in [1.54, 1.807) is 6.33 Å². The Morgan fingerprint density at radius 3 is 2.92 bits per heavy atom. The van der Waals surface area contributed by atoms with Crippen molar-refractivity contribution >= 4 is 0 Å². The molecular formula is C8H16N4. The van der Waals surface area contributed by atoms with Gasteiger partial charge in [0.2, 0.25) is 0 Å². The Labute approximate surface area is 73.0 Å². The van der Waals surface area contributed by atoms with Crippen LogP contribution in [0.2, 0.25) is 0 Å². The van der Waals surface area contributed by atoms with Gasteiger partial charge in [0.15, 0.2) is 0 Å². The van der Waals surface area contributed by atoms with Crippen LogP contribution in [0, 0.1) is 0 Å². The predicted molar refractivity (Wildman–Crippen MR) is 47.8 cm³/mol. The number of nitrogens with one attached hydrogen (secondary N) is 1. The van der Waals surface area contributed by atoms with E-state index < -0.39 is 0 Å². The van der Waals surface area contributed by atoms with E-state index in [1.807, 2.05) is 0 Å². The molecule has 0 aromatic carbocycles. The second kappa shape index (κ2) is 4.21. The van der Waals surface area contributed by atoms with E-state index in [1.165, 1.54) is 0 Å². The normalized spacial score (nSPS) is 11.0. The minimum Gasteiger partial charge on any atom is -0.314 e. The molecule has 0 spiro atoms. The number of hydrogen-bond acceptors (Lipinski definition) is 3. The molecule has 0 bridgehead atoms. The third kappa shape index (κ3) is 2.04. The number of nitrogens with zero attached hydrogens (tertiary/aromatic N) is 3. The van der Waals surface area contributed by atoms with Gasteiger partial charge in [0.05, 0.1) is 6.54 Å². The Bertz CT molecular complexity index is 229. The van der Waals surface area contributed by atoms with Gasteiger partial charge in [-0.3, -0.25) is 0 Å². The van der Waals surface area contributed by atoms with Crippen LogP contribution in [0.3, 0.4) is 0 Å². The Kier molecular flexibility index (Phi) is 3.22. The summed E-state index contributed by atoms with van der Waals surface area (Å²) in [5, 5.41) is 11.1. The first-order chi connectivity index (χ1) is 5.75. The van der Waals surface area contributed by atoms with E-state index >= 15 is 0 Å². The van der Waals surface area contributed by atoms with E-state index in [0.29, 0.717) is 6.04 Å². The second-order valence-corrected chi connectivity index (χ2v) is 3.03. The van der Waals surface area contributed by atoms with Gasteiger partial charge in [0.1, 0.15) is 12.2 Å². The average molecular weight is 168 g/mol. The highest BCUT2D eigenvalue weighted by Gasteiger charge is 2.05. The van der Waals surface area contributed by atoms with Crippen molar-refractivity contribution in [3.05, 3.63) is 12.2 Å². The molecule has 1 aromatic heterocycles. The summed E-state index contributed by atoms with van der Waals surface area (Å²) < 4.78 is 2.07. The van der Waals surface area contributed by atoms with Gasteiger partial charge >= 0.3 is 0 Å². The van der Waals surface area contributed by atoms with Gasteiger partial charge in [-0.05, 0) is 20.4 Å². The van der Waals surface area contributed by atoms with Gasteiger partial charge < -0.3 is 9.88 Å². The van der Waals surface area contributed by atoms with Crippen LogP contribution < -0.4 is 5.32 Å². The van der Waals surface area contributed by atoms with E-state index in [-0.39, 0.29) is 0 Å². The fraction of sp³-hybridized carbons (Fsp3) is 0.750. The molecule has 4 nitrogen and oxygen atoms in total. The average Bonchev–Trinajstić information content (AvgIpc) is 2.48. The van der Waals surface area contributed by atoms with Gasteiger partial charge in [0.25, 0.3) is 0 Å². The fourth-order valence-electron chi connectivity index (χ4n) is 1.06. The lowest BCUT2D eigenvalue weighted by atomic mass is 10.4. The van der Waals surface area contributed by atoms with E-state index in [2.05, 4.69) is 40.9 Å². The summed E-state index contributed by atoms with van der Waals surface area (Å²) in [6, 6.07) is 0.439. The van der Waals surface area contributed by atoms with Crippen LogP contribution in [0.15, 0.2) is 6.33 Å². The molecule has 0 aliphatic rings. The van der Waals surface area contributed by atoms with Gasteiger partial charge in [-0.15, -0.1) is 10.2 Å². The predicted octanol–water partition coefficient (Wildman–Crippen LogP) is 0.968. The molecule has 68 valence electrons. The van der Waals surface area contributed by atoms with Crippen molar-refractivity contribution in [2.45, 2.75) is 33.4 Å². The summed E-state index contributed by atoms with van der Waals surface area (Å²) in [5.74, 6) is 1.01. The maximum Gasteiger partial charge on any atom is 0.147 e. The summed E-state index contributed by atoms with van der Waals surface area (Å²) in [7, 11) is 0. The molecule has 4 heteroatoms. The van der Waals surface area contributed by atoms with Crippen molar-refractivity contribution in [1.82, 2.24) is 20.1 Å². The Balaban J connectivity index is 2.64. The van der Waals surface area contributed by atoms with E-state index in [9.17, 15) is 0 Å². The molecule has 0 amide bonds. The maximum atomic E-state index is 4.03. The van der Waals surface area contributed by atoms with Crippen molar-refractivity contribution in [3.8, 4) is 0 Å². The zero-order valence-corrected chi connectivity index (χ0v) is 7.91. The first kappa shape index (κ1) is 9.19. The first-order valence-corrected chi connectivity index (χ1v) is 4.34. The summed E-state index contributed by atoms with van der Waals surface area (Å²) >= 11 is 0. The van der Waals surface area contributed by atoms with Crippen molar-refractivity contribution in [1.29, 1.82) is 0 Å². The van der Waals surface area contributed by atoms with Crippen LogP contribution in [0.1, 0.15) is 32.6 Å². The van der Waals surface area contributed by atoms with Crippen LogP contribution >= 0.6 is 0 Å². The van der Waals surface area contributed by atoms with Gasteiger partial charge in [-0.25, -0.2) is 0 Å². The Hall–Kier alpha value is -0.900. The van der Waals surface area contributed by atoms with Crippen LogP contribution in [-0.2, 0) is 6.54 Å². The monoisotopic (exact) mass is 168 g/mol. The summed E-state index contributed by atoms with van der Waals surface area (Å²) in [5.41, 5.74) is 0. The lowest BCUT2D eigenvalue weighted by Gasteiger charge is -2.09. The second-order valence-electron chi connectivity index (χ2n) is 3.03. The quantitative estimate of drug-likeness (QED) is 0.728. The molecule has 0 fully saturated rings. The highest BCUT2D eigenvalue weighted by Crippen LogP contribution is 2.05. The van der Waals surface area contributed by atoms with Crippen molar-refractivity contribution in [2.24, 2.45) is 0 Å². The molecule has 1 heterocycles. The molecule has 12 heavy (non-hydrogen) atoms. The van der Waals surface area contributed by atoms with Crippen molar-refractivity contribution < 1.29 is 0 Å². The van der Waals surface area contributed by atoms with Crippen molar-refractivity contribution in [2.75, 3.05) is 6.54 Å². The zero-order valence-electron chi connectivity index (χ0n) is 7.91. The first-order valence-electron chi connectivity index (χ1n) is 4.34. The molecule has 0 radical (unpaired) electrons. The molecule has 1 rings (SSSR count). The van der Waals surface area contributed by atoms with Crippen LogP contribution in [0.25, 0.3) is 0 Å². The van der Waals surface area contributed by atoms with Crippen LogP contribution in [0.5, 0.6) is 0 Å². The number of hydrogen-bond donors (Lipinski definition) is 1. The minimum absolute atomic E-state index is 0.439. The minimum atomic E-state index is 0.439.